The summed E-state index contributed by atoms with van der Waals surface area (Å²) < 4.78 is 22.8. The van der Waals surface area contributed by atoms with Crippen LogP contribution in [0, 0.1) is 5.82 Å². The van der Waals surface area contributed by atoms with Crippen molar-refractivity contribution in [3.63, 3.8) is 0 Å². The Kier molecular flexibility index (Phi) is 3.47. The highest BCUT2D eigenvalue weighted by Crippen LogP contribution is 2.25. The van der Waals surface area contributed by atoms with Crippen LogP contribution in [0.4, 0.5) is 4.39 Å². The van der Waals surface area contributed by atoms with Gasteiger partial charge in [-0.25, -0.2) is 9.18 Å². The van der Waals surface area contributed by atoms with E-state index in [1.165, 1.54) is 18.2 Å². The molecule has 0 aliphatic rings. The van der Waals surface area contributed by atoms with Gasteiger partial charge in [0.2, 0.25) is 0 Å². The Morgan fingerprint density at radius 2 is 2.28 bits per heavy atom. The van der Waals surface area contributed by atoms with Crippen molar-refractivity contribution in [3.05, 3.63) is 46.6 Å². The minimum absolute atomic E-state index is 0.0500. The van der Waals surface area contributed by atoms with Crippen molar-refractivity contribution >= 4 is 17.6 Å². The fourth-order valence-electron chi connectivity index (χ4n) is 1.22. The van der Waals surface area contributed by atoms with Crippen molar-refractivity contribution < 1.29 is 23.6 Å². The number of hydrogen-bond acceptors (Lipinski definition) is 4. The zero-order chi connectivity index (χ0) is 13.1. The second kappa shape index (κ2) is 5.05. The summed E-state index contributed by atoms with van der Waals surface area (Å²) in [4.78, 5) is 10.6. The molecule has 0 bridgehead atoms. The summed E-state index contributed by atoms with van der Waals surface area (Å²) in [7, 11) is 0. The quantitative estimate of drug-likeness (QED) is 0.925. The molecule has 2 rings (SSSR count). The van der Waals surface area contributed by atoms with Crippen molar-refractivity contribution in [1.29, 1.82) is 0 Å². The van der Waals surface area contributed by atoms with Crippen LogP contribution in [0.15, 0.2) is 28.8 Å². The van der Waals surface area contributed by atoms with E-state index in [2.05, 4.69) is 5.16 Å². The van der Waals surface area contributed by atoms with Crippen LogP contribution in [0.1, 0.15) is 16.2 Å². The van der Waals surface area contributed by atoms with Crippen LogP contribution in [0.25, 0.3) is 0 Å². The minimum atomic E-state index is -1.19. The Morgan fingerprint density at radius 1 is 1.50 bits per heavy atom. The summed E-state index contributed by atoms with van der Waals surface area (Å²) in [6.07, 6.45) is 0. The third-order valence-electron chi connectivity index (χ3n) is 2.04. The normalized spacial score (nSPS) is 10.3. The molecule has 0 atom stereocenters. The zero-order valence-electron chi connectivity index (χ0n) is 8.89. The van der Waals surface area contributed by atoms with E-state index < -0.39 is 11.8 Å². The van der Waals surface area contributed by atoms with Crippen LogP contribution < -0.4 is 4.74 Å². The number of aromatic carboxylic acids is 1. The van der Waals surface area contributed by atoms with E-state index in [1.54, 1.807) is 0 Å². The fraction of sp³-hybridized carbons (Fsp3) is 0.0909. The van der Waals surface area contributed by atoms with Crippen LogP contribution in [0.2, 0.25) is 5.02 Å². The second-order valence-corrected chi connectivity index (χ2v) is 3.75. The monoisotopic (exact) mass is 271 g/mol. The molecule has 0 fully saturated rings. The molecule has 0 aliphatic heterocycles. The maximum absolute atomic E-state index is 12.8. The molecule has 0 unspecified atom stereocenters. The molecule has 0 aliphatic carbocycles. The first-order chi connectivity index (χ1) is 8.56. The number of benzene rings is 1. The molecule has 5 nitrogen and oxygen atoms in total. The number of rotatable bonds is 4. The predicted molar refractivity (Wildman–Crippen MR) is 59.2 cm³/mol. The molecule has 1 aromatic heterocycles. The van der Waals surface area contributed by atoms with E-state index >= 15 is 0 Å². The number of carboxylic acid groups (broad SMARTS) is 1. The Labute approximate surface area is 106 Å². The summed E-state index contributed by atoms with van der Waals surface area (Å²) in [5, 5.41) is 12.1. The Hall–Kier alpha value is -2.08. The zero-order valence-corrected chi connectivity index (χ0v) is 9.65. The maximum atomic E-state index is 12.8. The van der Waals surface area contributed by atoms with Gasteiger partial charge in [-0.3, -0.25) is 0 Å². The summed E-state index contributed by atoms with van der Waals surface area (Å²) >= 11 is 5.75. The van der Waals surface area contributed by atoms with Gasteiger partial charge in [-0.15, -0.1) is 0 Å². The van der Waals surface area contributed by atoms with Crippen LogP contribution in [0.3, 0.4) is 0 Å². The molecule has 18 heavy (non-hydrogen) atoms. The van der Waals surface area contributed by atoms with Crippen LogP contribution in [0.5, 0.6) is 5.75 Å². The number of ether oxygens (including phenoxy) is 1. The lowest BCUT2D eigenvalue weighted by Crippen LogP contribution is -1.96. The molecule has 0 radical (unpaired) electrons. The number of hydrogen-bond donors (Lipinski definition) is 1. The lowest BCUT2D eigenvalue weighted by Gasteiger charge is -2.05. The number of carbonyl (C=O) groups is 1. The van der Waals surface area contributed by atoms with Crippen LogP contribution in [-0.2, 0) is 6.61 Å². The molecule has 94 valence electrons. The van der Waals surface area contributed by atoms with Crippen molar-refractivity contribution in [1.82, 2.24) is 5.16 Å². The highest BCUT2D eigenvalue weighted by Gasteiger charge is 2.11. The minimum Gasteiger partial charge on any atom is -0.484 e. The summed E-state index contributed by atoms with van der Waals surface area (Å²) in [5.74, 6) is -1.16. The van der Waals surface area contributed by atoms with E-state index in [1.807, 2.05) is 0 Å². The van der Waals surface area contributed by atoms with Gasteiger partial charge in [-0.2, -0.15) is 0 Å². The SMILES string of the molecule is O=C(O)c1cc(COc2ccc(F)cc2Cl)on1. The Morgan fingerprint density at radius 3 is 2.89 bits per heavy atom. The molecule has 2 aromatic rings. The molecule has 7 heteroatoms. The van der Waals surface area contributed by atoms with Gasteiger partial charge in [0, 0.05) is 6.07 Å². The van der Waals surface area contributed by atoms with E-state index in [0.29, 0.717) is 0 Å². The van der Waals surface area contributed by atoms with E-state index in [-0.39, 0.29) is 28.8 Å². The molecule has 1 heterocycles. The average Bonchev–Trinajstić information content (AvgIpc) is 2.76. The molecule has 1 N–H and O–H groups in total. The Balaban J connectivity index is 2.04. The topological polar surface area (TPSA) is 72.6 Å². The van der Waals surface area contributed by atoms with E-state index in [4.69, 9.17) is 26.0 Å². The first-order valence-electron chi connectivity index (χ1n) is 4.83. The standard InChI is InChI=1S/C11H7ClFNO4/c12-8-3-6(13)1-2-10(8)17-5-7-4-9(11(15)16)14-18-7/h1-4H,5H2,(H,15,16). The molecular weight excluding hydrogens is 265 g/mol. The van der Waals surface area contributed by atoms with Gasteiger partial charge in [0.05, 0.1) is 5.02 Å². The third-order valence-corrected chi connectivity index (χ3v) is 2.34. The Bertz CT molecular complexity index is 584. The number of carboxylic acids is 1. The van der Waals surface area contributed by atoms with E-state index in [0.717, 1.165) is 6.07 Å². The fourth-order valence-corrected chi connectivity index (χ4v) is 1.44. The van der Waals surface area contributed by atoms with Gasteiger partial charge < -0.3 is 14.4 Å². The van der Waals surface area contributed by atoms with Gasteiger partial charge in [0.1, 0.15) is 18.2 Å². The predicted octanol–water partition coefficient (Wildman–Crippen LogP) is 2.74. The van der Waals surface area contributed by atoms with Crippen molar-refractivity contribution in [2.45, 2.75) is 6.61 Å². The lowest BCUT2D eigenvalue weighted by molar-refractivity contribution is 0.0685. The molecule has 1 aromatic carbocycles. The number of aromatic nitrogens is 1. The van der Waals surface area contributed by atoms with Gasteiger partial charge in [0.25, 0.3) is 0 Å². The first-order valence-corrected chi connectivity index (χ1v) is 5.21. The second-order valence-electron chi connectivity index (χ2n) is 3.35. The van der Waals surface area contributed by atoms with Gasteiger partial charge in [-0.05, 0) is 18.2 Å². The van der Waals surface area contributed by atoms with Crippen molar-refractivity contribution in [2.75, 3.05) is 0 Å². The van der Waals surface area contributed by atoms with Crippen LogP contribution in [-0.4, -0.2) is 16.2 Å². The number of halogens is 2. The average molecular weight is 272 g/mol. The molecule has 0 saturated carbocycles. The summed E-state index contributed by atoms with van der Waals surface area (Å²) in [6, 6.07) is 4.91. The van der Waals surface area contributed by atoms with Crippen molar-refractivity contribution in [3.8, 4) is 5.75 Å². The van der Waals surface area contributed by atoms with Crippen LogP contribution >= 0.6 is 11.6 Å². The smallest absolute Gasteiger partial charge is 0.358 e. The van der Waals surface area contributed by atoms with E-state index in [9.17, 15) is 9.18 Å². The molecular formula is C11H7ClFNO4. The third kappa shape index (κ3) is 2.78. The van der Waals surface area contributed by atoms with Gasteiger partial charge >= 0.3 is 5.97 Å². The maximum Gasteiger partial charge on any atom is 0.358 e. The van der Waals surface area contributed by atoms with Gasteiger partial charge in [-0.1, -0.05) is 16.8 Å². The lowest BCUT2D eigenvalue weighted by atomic mass is 10.3. The highest BCUT2D eigenvalue weighted by molar-refractivity contribution is 6.32. The highest BCUT2D eigenvalue weighted by atomic mass is 35.5. The largest absolute Gasteiger partial charge is 0.484 e. The molecule has 0 saturated heterocycles. The summed E-state index contributed by atoms with van der Waals surface area (Å²) in [5.41, 5.74) is -0.209. The van der Waals surface area contributed by atoms with Crippen molar-refractivity contribution in [2.24, 2.45) is 0 Å². The van der Waals surface area contributed by atoms with Gasteiger partial charge in [0.15, 0.2) is 11.5 Å². The number of nitrogens with zero attached hydrogens (tertiary/aromatic N) is 1. The summed E-state index contributed by atoms with van der Waals surface area (Å²) in [6.45, 7) is -0.0500. The first kappa shape index (κ1) is 12.4. The molecule has 0 spiro atoms. The molecule has 0 amide bonds.